The number of nitrogen functional groups attached to an aromatic ring is 1. The van der Waals surface area contributed by atoms with Crippen molar-refractivity contribution >= 4 is 33.0 Å². The van der Waals surface area contributed by atoms with E-state index < -0.39 is 10.0 Å². The summed E-state index contributed by atoms with van der Waals surface area (Å²) in [5, 5.41) is 0.197. The fourth-order valence-corrected chi connectivity index (χ4v) is 2.88. The van der Waals surface area contributed by atoms with E-state index in [1.807, 2.05) is 0 Å². The summed E-state index contributed by atoms with van der Waals surface area (Å²) in [7, 11) is -2.17. The number of benzene rings is 2. The van der Waals surface area contributed by atoms with Gasteiger partial charge in [0, 0.05) is 5.69 Å². The van der Waals surface area contributed by atoms with Crippen molar-refractivity contribution in [1.29, 1.82) is 0 Å². The number of halogens is 1. The lowest BCUT2D eigenvalue weighted by Crippen LogP contribution is -2.13. The quantitative estimate of drug-likeness (QED) is 0.851. The lowest BCUT2D eigenvalue weighted by atomic mass is 10.3. The molecule has 0 aliphatic rings. The fraction of sp³-hybridized carbons (Fsp3) is 0.0769. The van der Waals surface area contributed by atoms with Gasteiger partial charge in [0.1, 0.15) is 5.75 Å². The van der Waals surface area contributed by atoms with Gasteiger partial charge in [0.2, 0.25) is 0 Å². The molecule has 20 heavy (non-hydrogen) atoms. The summed E-state index contributed by atoms with van der Waals surface area (Å²) < 4.78 is 31.8. The summed E-state index contributed by atoms with van der Waals surface area (Å²) in [4.78, 5) is 0.0486. The van der Waals surface area contributed by atoms with Crippen LogP contribution in [-0.4, -0.2) is 15.5 Å². The Morgan fingerprint density at radius 1 is 1.15 bits per heavy atom. The Morgan fingerprint density at radius 3 is 2.35 bits per heavy atom. The van der Waals surface area contributed by atoms with E-state index in [9.17, 15) is 8.42 Å². The van der Waals surface area contributed by atoms with E-state index >= 15 is 0 Å². The Bertz CT molecular complexity index is 715. The fourth-order valence-electron chi connectivity index (χ4n) is 1.55. The number of anilines is 2. The van der Waals surface area contributed by atoms with Crippen molar-refractivity contribution in [2.24, 2.45) is 0 Å². The highest BCUT2D eigenvalue weighted by atomic mass is 35.5. The number of sulfonamides is 1. The monoisotopic (exact) mass is 312 g/mol. The SMILES string of the molecule is COc1ccc(NS(=O)(=O)c2ccc(N)c(Cl)c2)cc1. The predicted molar refractivity (Wildman–Crippen MR) is 79.7 cm³/mol. The normalized spacial score (nSPS) is 11.1. The van der Waals surface area contributed by atoms with Gasteiger partial charge >= 0.3 is 0 Å². The second-order valence-electron chi connectivity index (χ2n) is 4.02. The third kappa shape index (κ3) is 3.15. The second-order valence-corrected chi connectivity index (χ2v) is 6.11. The molecule has 3 N–H and O–H groups in total. The van der Waals surface area contributed by atoms with E-state index in [1.165, 1.54) is 25.3 Å². The second kappa shape index (κ2) is 5.60. The van der Waals surface area contributed by atoms with Crippen molar-refractivity contribution in [1.82, 2.24) is 0 Å². The number of nitrogens with one attached hydrogen (secondary N) is 1. The number of ether oxygens (including phenoxy) is 1. The molecule has 0 aromatic heterocycles. The van der Waals surface area contributed by atoms with Crippen LogP contribution in [0.15, 0.2) is 47.4 Å². The van der Waals surface area contributed by atoms with E-state index in [0.717, 1.165) is 0 Å². The largest absolute Gasteiger partial charge is 0.497 e. The maximum Gasteiger partial charge on any atom is 0.261 e. The zero-order valence-electron chi connectivity index (χ0n) is 10.6. The molecule has 0 aliphatic heterocycles. The molecule has 0 radical (unpaired) electrons. The molecule has 0 saturated heterocycles. The van der Waals surface area contributed by atoms with Gasteiger partial charge in [-0.25, -0.2) is 8.42 Å². The molecule has 0 unspecified atom stereocenters. The Kier molecular flexibility index (Phi) is 4.06. The molecule has 0 fully saturated rings. The number of nitrogens with two attached hydrogens (primary N) is 1. The minimum Gasteiger partial charge on any atom is -0.497 e. The van der Waals surface area contributed by atoms with Crippen LogP contribution in [0.5, 0.6) is 5.75 Å². The zero-order chi connectivity index (χ0) is 14.8. The molecule has 0 saturated carbocycles. The van der Waals surface area contributed by atoms with Crippen LogP contribution >= 0.6 is 11.6 Å². The van der Waals surface area contributed by atoms with Crippen LogP contribution in [-0.2, 0) is 10.0 Å². The van der Waals surface area contributed by atoms with Gasteiger partial charge in [0.05, 0.1) is 22.7 Å². The van der Waals surface area contributed by atoms with Gasteiger partial charge < -0.3 is 10.5 Å². The lowest BCUT2D eigenvalue weighted by Gasteiger charge is -2.09. The van der Waals surface area contributed by atoms with Gasteiger partial charge in [-0.15, -0.1) is 0 Å². The summed E-state index contributed by atoms with van der Waals surface area (Å²) in [6.07, 6.45) is 0. The lowest BCUT2D eigenvalue weighted by molar-refractivity contribution is 0.415. The van der Waals surface area contributed by atoms with Crippen LogP contribution in [0.25, 0.3) is 0 Å². The highest BCUT2D eigenvalue weighted by Crippen LogP contribution is 2.24. The van der Waals surface area contributed by atoms with Crippen LogP contribution in [0.3, 0.4) is 0 Å². The van der Waals surface area contributed by atoms with Crippen molar-refractivity contribution in [3.8, 4) is 5.75 Å². The molecule has 0 spiro atoms. The molecular weight excluding hydrogens is 300 g/mol. The van der Waals surface area contributed by atoms with Crippen molar-refractivity contribution in [3.63, 3.8) is 0 Å². The molecule has 0 aliphatic carbocycles. The topological polar surface area (TPSA) is 81.4 Å². The smallest absolute Gasteiger partial charge is 0.261 e. The van der Waals surface area contributed by atoms with Crippen LogP contribution in [0.4, 0.5) is 11.4 Å². The first-order chi connectivity index (χ1) is 9.42. The molecule has 0 heterocycles. The number of hydrogen-bond acceptors (Lipinski definition) is 4. The minimum atomic E-state index is -3.70. The van der Waals surface area contributed by atoms with Crippen LogP contribution in [0, 0.1) is 0 Å². The summed E-state index contributed by atoms with van der Waals surface area (Å²) >= 11 is 5.83. The van der Waals surface area contributed by atoms with E-state index in [2.05, 4.69) is 4.72 Å². The van der Waals surface area contributed by atoms with Gasteiger partial charge in [0.25, 0.3) is 10.0 Å². The van der Waals surface area contributed by atoms with E-state index in [0.29, 0.717) is 17.1 Å². The van der Waals surface area contributed by atoms with Crippen LogP contribution < -0.4 is 15.2 Å². The van der Waals surface area contributed by atoms with Crippen molar-refractivity contribution in [2.75, 3.05) is 17.6 Å². The third-order valence-electron chi connectivity index (χ3n) is 2.62. The molecule has 2 rings (SSSR count). The minimum absolute atomic E-state index is 0.0486. The molecule has 0 bridgehead atoms. The van der Waals surface area contributed by atoms with Gasteiger partial charge in [-0.1, -0.05) is 11.6 Å². The highest BCUT2D eigenvalue weighted by Gasteiger charge is 2.15. The predicted octanol–water partition coefficient (Wildman–Crippen LogP) is 2.73. The molecule has 7 heteroatoms. The Hall–Kier alpha value is -1.92. The number of hydrogen-bond donors (Lipinski definition) is 2. The molecule has 5 nitrogen and oxygen atoms in total. The average Bonchev–Trinajstić information content (AvgIpc) is 2.42. The Labute approximate surface area is 122 Å². The highest BCUT2D eigenvalue weighted by molar-refractivity contribution is 7.92. The van der Waals surface area contributed by atoms with Crippen LogP contribution in [0.2, 0.25) is 5.02 Å². The third-order valence-corrected chi connectivity index (χ3v) is 4.33. The van der Waals surface area contributed by atoms with Crippen molar-refractivity contribution in [2.45, 2.75) is 4.90 Å². The van der Waals surface area contributed by atoms with Crippen LogP contribution in [0.1, 0.15) is 0 Å². The first kappa shape index (κ1) is 14.5. The average molecular weight is 313 g/mol. The Balaban J connectivity index is 2.27. The molecule has 0 amide bonds. The maximum absolute atomic E-state index is 12.2. The summed E-state index contributed by atoms with van der Waals surface area (Å²) in [6.45, 7) is 0. The molecule has 2 aromatic carbocycles. The standard InChI is InChI=1S/C13H13ClN2O3S/c1-19-10-4-2-9(3-5-10)16-20(17,18)11-6-7-13(15)12(14)8-11/h2-8,16H,15H2,1H3. The van der Waals surface area contributed by atoms with Gasteiger partial charge in [-0.3, -0.25) is 4.72 Å². The summed E-state index contributed by atoms with van der Waals surface area (Å²) in [6, 6.07) is 10.7. The summed E-state index contributed by atoms with van der Waals surface area (Å²) in [5.74, 6) is 0.642. The van der Waals surface area contributed by atoms with Gasteiger partial charge in [-0.05, 0) is 42.5 Å². The van der Waals surface area contributed by atoms with E-state index in [4.69, 9.17) is 22.1 Å². The van der Waals surface area contributed by atoms with E-state index in [1.54, 1.807) is 24.3 Å². The molecular formula is C13H13ClN2O3S. The zero-order valence-corrected chi connectivity index (χ0v) is 12.2. The van der Waals surface area contributed by atoms with Crippen molar-refractivity contribution in [3.05, 3.63) is 47.5 Å². The molecule has 0 atom stereocenters. The number of rotatable bonds is 4. The first-order valence-electron chi connectivity index (χ1n) is 5.64. The first-order valence-corrected chi connectivity index (χ1v) is 7.50. The molecule has 2 aromatic rings. The molecule has 106 valence electrons. The van der Waals surface area contributed by atoms with Gasteiger partial charge in [-0.2, -0.15) is 0 Å². The summed E-state index contributed by atoms with van der Waals surface area (Å²) in [5.41, 5.74) is 6.31. The Morgan fingerprint density at radius 2 is 1.80 bits per heavy atom. The van der Waals surface area contributed by atoms with E-state index in [-0.39, 0.29) is 9.92 Å². The van der Waals surface area contributed by atoms with Gasteiger partial charge in [0.15, 0.2) is 0 Å². The van der Waals surface area contributed by atoms with Crippen molar-refractivity contribution < 1.29 is 13.2 Å². The number of methoxy groups -OCH3 is 1. The maximum atomic E-state index is 12.2.